The van der Waals surface area contributed by atoms with E-state index in [-0.39, 0.29) is 12.3 Å². The molecule has 0 saturated carbocycles. The number of carboxylic acids is 1. The lowest BCUT2D eigenvalue weighted by Gasteiger charge is -2.00. The Hall–Kier alpha value is -3.62. The predicted octanol–water partition coefficient (Wildman–Crippen LogP) is 3.78. The summed E-state index contributed by atoms with van der Waals surface area (Å²) in [5, 5.41) is 12.0. The molecule has 0 radical (unpaired) electrons. The Morgan fingerprint density at radius 2 is 1.48 bits per heavy atom. The van der Waals surface area contributed by atoms with Crippen molar-refractivity contribution in [2.45, 2.75) is 6.92 Å². The molecular formula is C23H28N2O6. The number of benzene rings is 2. The minimum atomic E-state index is -1.09. The molecule has 0 saturated heterocycles. The molecule has 0 heterocycles. The summed E-state index contributed by atoms with van der Waals surface area (Å²) in [6, 6.07) is 15.3. The van der Waals surface area contributed by atoms with Crippen LogP contribution in [0.5, 0.6) is 11.5 Å². The molecular weight excluding hydrogens is 400 g/mol. The maximum absolute atomic E-state index is 10.4. The molecule has 0 aromatic heterocycles. The molecule has 8 heteroatoms. The van der Waals surface area contributed by atoms with Crippen LogP contribution in [0.2, 0.25) is 0 Å². The molecule has 2 aromatic rings. The number of carboxylic acid groups (broad SMARTS) is 1. The highest BCUT2D eigenvalue weighted by molar-refractivity contribution is 6.34. The summed E-state index contributed by atoms with van der Waals surface area (Å²) in [6.45, 7) is 1.99. The maximum atomic E-state index is 10.4. The summed E-state index contributed by atoms with van der Waals surface area (Å²) in [7, 11) is 3.25. The van der Waals surface area contributed by atoms with Crippen molar-refractivity contribution in [3.63, 3.8) is 0 Å². The Labute approximate surface area is 182 Å². The zero-order chi connectivity index (χ0) is 22.9. The number of methoxy groups -OCH3 is 2. The van der Waals surface area contributed by atoms with Gasteiger partial charge in [0, 0.05) is 0 Å². The van der Waals surface area contributed by atoms with E-state index < -0.39 is 5.97 Å². The lowest BCUT2D eigenvalue weighted by molar-refractivity contribution is -0.129. The van der Waals surface area contributed by atoms with Gasteiger partial charge >= 0.3 is 5.97 Å². The number of aliphatic carboxylic acids is 1. The van der Waals surface area contributed by atoms with Crippen molar-refractivity contribution in [2.75, 3.05) is 27.4 Å². The number of ether oxygens (including phenoxy) is 2. The molecule has 0 fully saturated rings. The standard InChI is InChI=1S/C13H15NO4.C10H13NO2/c1-10(13(15)16)14-18-8-4-6-11-5-3-7-12(9-11)17-2;1-12-10-6-2-4-9(8-10)5-3-7-13-11/h3-7,9H,8H2,1-2H3,(H,15,16);2-6,8H,7,11H2,1H3/b6-4+,14-10-;5-3+. The molecule has 0 unspecified atom stereocenters. The van der Waals surface area contributed by atoms with Crippen molar-refractivity contribution in [1.82, 2.24) is 0 Å². The first-order chi connectivity index (χ1) is 15.0. The van der Waals surface area contributed by atoms with E-state index in [1.165, 1.54) is 6.92 Å². The first-order valence-electron chi connectivity index (χ1n) is 9.32. The highest BCUT2D eigenvalue weighted by Gasteiger charge is 2.00. The van der Waals surface area contributed by atoms with Gasteiger partial charge in [-0.3, -0.25) is 0 Å². The fourth-order valence-corrected chi connectivity index (χ4v) is 2.13. The summed E-state index contributed by atoms with van der Waals surface area (Å²) in [5.41, 5.74) is 1.96. The third-order valence-corrected chi connectivity index (χ3v) is 3.68. The van der Waals surface area contributed by atoms with Gasteiger partial charge in [-0.25, -0.2) is 10.7 Å². The fourth-order valence-electron chi connectivity index (χ4n) is 2.13. The lowest BCUT2D eigenvalue weighted by Crippen LogP contribution is -2.08. The summed E-state index contributed by atoms with van der Waals surface area (Å²) < 4.78 is 10.2. The maximum Gasteiger partial charge on any atom is 0.353 e. The molecule has 0 amide bonds. The van der Waals surface area contributed by atoms with Gasteiger partial charge in [-0.2, -0.15) is 0 Å². The minimum absolute atomic E-state index is 0.0789. The van der Waals surface area contributed by atoms with Gasteiger partial charge in [0.15, 0.2) is 5.71 Å². The smallest absolute Gasteiger partial charge is 0.353 e. The predicted molar refractivity (Wildman–Crippen MR) is 121 cm³/mol. The molecule has 0 atom stereocenters. The van der Waals surface area contributed by atoms with Crippen LogP contribution in [-0.4, -0.2) is 44.2 Å². The molecule has 31 heavy (non-hydrogen) atoms. The van der Waals surface area contributed by atoms with E-state index in [1.54, 1.807) is 20.3 Å². The summed E-state index contributed by atoms with van der Waals surface area (Å²) in [4.78, 5) is 19.6. The topological polar surface area (TPSA) is 113 Å². The first-order valence-corrected chi connectivity index (χ1v) is 9.32. The highest BCUT2D eigenvalue weighted by atomic mass is 16.6. The second-order valence-corrected chi connectivity index (χ2v) is 5.97. The number of oxime groups is 1. The molecule has 0 aliphatic rings. The Kier molecular flexibility index (Phi) is 12.5. The molecule has 0 bridgehead atoms. The van der Waals surface area contributed by atoms with Crippen LogP contribution >= 0.6 is 0 Å². The van der Waals surface area contributed by atoms with Gasteiger partial charge in [0.1, 0.15) is 18.1 Å². The van der Waals surface area contributed by atoms with Crippen LogP contribution in [0.15, 0.2) is 65.8 Å². The van der Waals surface area contributed by atoms with E-state index >= 15 is 0 Å². The van der Waals surface area contributed by atoms with Crippen LogP contribution in [0, 0.1) is 0 Å². The Morgan fingerprint density at radius 1 is 0.968 bits per heavy atom. The summed E-state index contributed by atoms with van der Waals surface area (Å²) >= 11 is 0. The van der Waals surface area contributed by atoms with Gasteiger partial charge in [0.05, 0.1) is 20.8 Å². The van der Waals surface area contributed by atoms with Crippen molar-refractivity contribution in [1.29, 1.82) is 0 Å². The third-order valence-electron chi connectivity index (χ3n) is 3.68. The molecule has 2 aromatic carbocycles. The largest absolute Gasteiger partial charge is 0.497 e. The summed E-state index contributed by atoms with van der Waals surface area (Å²) in [5.74, 6) is 5.40. The van der Waals surface area contributed by atoms with Gasteiger partial charge in [-0.1, -0.05) is 47.6 Å². The number of carbonyl (C=O) groups is 1. The van der Waals surface area contributed by atoms with E-state index in [4.69, 9.17) is 25.3 Å². The fraction of sp³-hybridized carbons (Fsp3) is 0.217. The second kappa shape index (κ2) is 15.3. The quantitative estimate of drug-likeness (QED) is 0.336. The average Bonchev–Trinajstić information content (AvgIpc) is 2.79. The molecule has 8 nitrogen and oxygen atoms in total. The van der Waals surface area contributed by atoms with E-state index in [2.05, 4.69) is 9.99 Å². The highest BCUT2D eigenvalue weighted by Crippen LogP contribution is 2.14. The second-order valence-electron chi connectivity index (χ2n) is 5.97. The average molecular weight is 428 g/mol. The van der Waals surface area contributed by atoms with Crippen LogP contribution in [0.1, 0.15) is 18.1 Å². The van der Waals surface area contributed by atoms with Gasteiger partial charge < -0.3 is 24.3 Å². The number of nitrogens with two attached hydrogens (primary N) is 1. The van der Waals surface area contributed by atoms with E-state index in [1.807, 2.05) is 66.8 Å². The molecule has 0 spiro atoms. The van der Waals surface area contributed by atoms with Gasteiger partial charge in [-0.15, -0.1) is 0 Å². The molecule has 0 aliphatic heterocycles. The monoisotopic (exact) mass is 428 g/mol. The number of nitrogens with zero attached hydrogens (tertiary/aromatic N) is 1. The van der Waals surface area contributed by atoms with Gasteiger partial charge in [0.25, 0.3) is 0 Å². The van der Waals surface area contributed by atoms with Crippen molar-refractivity contribution in [3.05, 3.63) is 71.8 Å². The Bertz CT molecular complexity index is 893. The van der Waals surface area contributed by atoms with Crippen molar-refractivity contribution in [2.24, 2.45) is 11.1 Å². The normalized spacial score (nSPS) is 11.2. The van der Waals surface area contributed by atoms with Gasteiger partial charge in [-0.05, 0) is 48.4 Å². The third kappa shape index (κ3) is 11.2. The van der Waals surface area contributed by atoms with Crippen molar-refractivity contribution in [3.8, 4) is 11.5 Å². The van der Waals surface area contributed by atoms with E-state index in [9.17, 15) is 4.79 Å². The van der Waals surface area contributed by atoms with Crippen molar-refractivity contribution < 1.29 is 29.0 Å². The van der Waals surface area contributed by atoms with E-state index in [0.717, 1.165) is 22.6 Å². The Balaban J connectivity index is 0.000000327. The Morgan fingerprint density at radius 3 is 1.94 bits per heavy atom. The minimum Gasteiger partial charge on any atom is -0.497 e. The summed E-state index contributed by atoms with van der Waals surface area (Å²) in [6.07, 6.45) is 7.35. The number of hydrogen-bond donors (Lipinski definition) is 2. The van der Waals surface area contributed by atoms with Crippen molar-refractivity contribution >= 4 is 23.8 Å². The van der Waals surface area contributed by atoms with E-state index in [0.29, 0.717) is 6.61 Å². The van der Waals surface area contributed by atoms with Gasteiger partial charge in [0.2, 0.25) is 0 Å². The molecule has 166 valence electrons. The van der Waals surface area contributed by atoms with Crippen LogP contribution in [0.3, 0.4) is 0 Å². The lowest BCUT2D eigenvalue weighted by atomic mass is 10.2. The first kappa shape index (κ1) is 25.4. The zero-order valence-corrected chi connectivity index (χ0v) is 17.9. The number of rotatable bonds is 10. The van der Waals surface area contributed by atoms with Crippen LogP contribution < -0.4 is 15.4 Å². The number of hydrogen-bond acceptors (Lipinski definition) is 7. The molecule has 0 aliphatic carbocycles. The van der Waals surface area contributed by atoms with Crippen LogP contribution in [-0.2, 0) is 14.5 Å². The zero-order valence-electron chi connectivity index (χ0n) is 17.9. The molecule has 3 N–H and O–H groups in total. The van der Waals surface area contributed by atoms with Crippen LogP contribution in [0.4, 0.5) is 0 Å². The molecule has 2 rings (SSSR count). The van der Waals surface area contributed by atoms with Crippen LogP contribution in [0.25, 0.3) is 12.2 Å². The SMILES string of the molecule is COc1cccc(/C=C/CO/N=C(/C)C(=O)O)c1.COc1cccc(/C=C/CON)c1.